The fraction of sp³-hybridized carbons (Fsp3) is 0.615. The topological polar surface area (TPSA) is 55.3 Å². The number of alkyl halides is 1. The maximum atomic E-state index is 11.5. The van der Waals surface area contributed by atoms with E-state index in [9.17, 15) is 4.79 Å². The number of anilines is 1. The normalized spacial score (nSPS) is 11.2. The summed E-state index contributed by atoms with van der Waals surface area (Å²) < 4.78 is 5.56. The predicted molar refractivity (Wildman–Crippen MR) is 83.6 cm³/mol. The van der Waals surface area contributed by atoms with Gasteiger partial charge in [0.15, 0.2) is 0 Å². The zero-order valence-corrected chi connectivity index (χ0v) is 14.0. The third-order valence-corrected chi connectivity index (χ3v) is 3.38. The van der Waals surface area contributed by atoms with Gasteiger partial charge in [-0.05, 0) is 17.9 Å². The summed E-state index contributed by atoms with van der Waals surface area (Å²) in [6.45, 7) is 8.69. The van der Waals surface area contributed by atoms with E-state index in [0.29, 0.717) is 17.1 Å². The van der Waals surface area contributed by atoms with Crippen molar-refractivity contribution in [1.29, 1.82) is 0 Å². The summed E-state index contributed by atoms with van der Waals surface area (Å²) in [6, 6.07) is 0. The highest BCUT2D eigenvalue weighted by Gasteiger charge is 2.17. The van der Waals surface area contributed by atoms with E-state index in [1.54, 1.807) is 11.8 Å². The molecule has 0 aliphatic heterocycles. The van der Waals surface area contributed by atoms with Crippen molar-refractivity contribution in [1.82, 2.24) is 9.97 Å². The maximum absolute atomic E-state index is 11.5. The lowest BCUT2D eigenvalue weighted by Gasteiger charge is -2.21. The number of hydrogen-bond acceptors (Lipinski definition) is 5. The van der Waals surface area contributed by atoms with Crippen molar-refractivity contribution >= 4 is 34.5 Å². The fourth-order valence-electron chi connectivity index (χ4n) is 1.40. The minimum Gasteiger partial charge on any atom is -0.465 e. The van der Waals surface area contributed by atoms with E-state index >= 15 is 0 Å². The van der Waals surface area contributed by atoms with Gasteiger partial charge in [0, 0.05) is 12.4 Å². The van der Waals surface area contributed by atoms with Crippen LogP contribution >= 0.6 is 22.6 Å². The van der Waals surface area contributed by atoms with Crippen molar-refractivity contribution in [2.75, 3.05) is 22.6 Å². The molecule has 1 rings (SSSR count). The molecule has 0 aliphatic rings. The maximum Gasteiger partial charge on any atom is 0.325 e. The second-order valence-corrected chi connectivity index (χ2v) is 5.83. The van der Waals surface area contributed by atoms with E-state index in [-0.39, 0.29) is 17.9 Å². The summed E-state index contributed by atoms with van der Waals surface area (Å²) in [7, 11) is 0. The average Bonchev–Trinajstić information content (AvgIpc) is 2.35. The molecule has 1 aromatic heterocycles. The predicted octanol–water partition coefficient (Wildman–Crippen LogP) is 2.54. The van der Waals surface area contributed by atoms with Crippen LogP contribution in [0, 0.1) is 0 Å². The van der Waals surface area contributed by atoms with Crippen LogP contribution in [0.4, 0.5) is 5.95 Å². The van der Waals surface area contributed by atoms with Gasteiger partial charge in [0.1, 0.15) is 6.54 Å². The molecule has 1 heterocycles. The summed E-state index contributed by atoms with van der Waals surface area (Å²) in [4.78, 5) is 21.9. The molecular formula is C13H20IN3O2. The largest absolute Gasteiger partial charge is 0.465 e. The van der Waals surface area contributed by atoms with Gasteiger partial charge in [-0.2, -0.15) is 0 Å². The van der Waals surface area contributed by atoms with E-state index in [1.807, 2.05) is 12.4 Å². The van der Waals surface area contributed by atoms with Gasteiger partial charge < -0.3 is 9.64 Å². The van der Waals surface area contributed by atoms with Gasteiger partial charge in [-0.3, -0.25) is 4.79 Å². The average molecular weight is 377 g/mol. The second-order valence-electron chi connectivity index (χ2n) is 5.14. The molecule has 19 heavy (non-hydrogen) atoms. The Bertz CT molecular complexity index is 415. The SMILES string of the molecule is CCOC(=O)CN(CI)c1ncc(C(C)(C)C)cn1. The Hall–Kier alpha value is -0.920. The van der Waals surface area contributed by atoms with Crippen LogP contribution < -0.4 is 4.90 Å². The lowest BCUT2D eigenvalue weighted by molar-refractivity contribution is -0.141. The molecule has 106 valence electrons. The van der Waals surface area contributed by atoms with E-state index in [2.05, 4.69) is 53.3 Å². The number of rotatable bonds is 5. The number of nitrogens with zero attached hydrogens (tertiary/aromatic N) is 3. The first kappa shape index (κ1) is 16.1. The molecule has 0 spiro atoms. The molecule has 0 saturated heterocycles. The van der Waals surface area contributed by atoms with Crippen LogP contribution in [0.1, 0.15) is 33.3 Å². The molecular weight excluding hydrogens is 357 g/mol. The molecule has 0 atom stereocenters. The summed E-state index contributed by atoms with van der Waals surface area (Å²) in [5.41, 5.74) is 1.09. The Balaban J connectivity index is 2.79. The van der Waals surface area contributed by atoms with Crippen LogP contribution in [0.3, 0.4) is 0 Å². The van der Waals surface area contributed by atoms with Gasteiger partial charge in [-0.25, -0.2) is 9.97 Å². The summed E-state index contributed by atoms with van der Waals surface area (Å²) in [5, 5.41) is 0. The van der Waals surface area contributed by atoms with Gasteiger partial charge in [0.05, 0.1) is 11.2 Å². The Morgan fingerprint density at radius 3 is 2.37 bits per heavy atom. The lowest BCUT2D eigenvalue weighted by atomic mass is 9.89. The van der Waals surface area contributed by atoms with Crippen molar-refractivity contribution in [2.24, 2.45) is 0 Å². The minimum atomic E-state index is -0.261. The van der Waals surface area contributed by atoms with Crippen LogP contribution in [0.25, 0.3) is 0 Å². The van der Waals surface area contributed by atoms with Crippen molar-refractivity contribution in [3.8, 4) is 0 Å². The number of aromatic nitrogens is 2. The zero-order valence-electron chi connectivity index (χ0n) is 11.8. The smallest absolute Gasteiger partial charge is 0.325 e. The molecule has 6 heteroatoms. The van der Waals surface area contributed by atoms with Gasteiger partial charge in [0.25, 0.3) is 0 Å². The molecule has 0 radical (unpaired) electrons. The Morgan fingerprint density at radius 1 is 1.37 bits per heavy atom. The van der Waals surface area contributed by atoms with Gasteiger partial charge in [0.2, 0.25) is 5.95 Å². The third kappa shape index (κ3) is 4.93. The standard InChI is InChI=1S/C13H20IN3O2/c1-5-19-11(18)8-17(9-14)12-15-6-10(7-16-12)13(2,3)4/h6-7H,5,8-9H2,1-4H3. The molecule has 0 N–H and O–H groups in total. The lowest BCUT2D eigenvalue weighted by Crippen LogP contribution is -2.31. The van der Waals surface area contributed by atoms with Crippen molar-refractivity contribution < 1.29 is 9.53 Å². The summed E-state index contributed by atoms with van der Waals surface area (Å²) >= 11 is 2.18. The first-order chi connectivity index (χ1) is 8.88. The second kappa shape index (κ2) is 7.02. The van der Waals surface area contributed by atoms with Gasteiger partial charge in [-0.15, -0.1) is 0 Å². The number of esters is 1. The van der Waals surface area contributed by atoms with E-state index < -0.39 is 0 Å². The van der Waals surface area contributed by atoms with E-state index in [1.165, 1.54) is 0 Å². The molecule has 0 bridgehead atoms. The Kier molecular flexibility index (Phi) is 5.96. The van der Waals surface area contributed by atoms with Crippen LogP contribution in [-0.2, 0) is 14.9 Å². The number of hydrogen-bond donors (Lipinski definition) is 0. The van der Waals surface area contributed by atoms with Crippen molar-refractivity contribution in [2.45, 2.75) is 33.1 Å². The Morgan fingerprint density at radius 2 is 1.95 bits per heavy atom. The van der Waals surface area contributed by atoms with Crippen molar-refractivity contribution in [3.05, 3.63) is 18.0 Å². The quantitative estimate of drug-likeness (QED) is 0.342. The van der Waals surface area contributed by atoms with Crippen LogP contribution in [0.5, 0.6) is 0 Å². The van der Waals surface area contributed by atoms with Crippen LogP contribution in [0.2, 0.25) is 0 Å². The molecule has 0 unspecified atom stereocenters. The number of carbonyl (C=O) groups is 1. The van der Waals surface area contributed by atoms with E-state index in [4.69, 9.17) is 4.74 Å². The molecule has 1 aromatic rings. The summed E-state index contributed by atoms with van der Waals surface area (Å²) in [5.74, 6) is 0.290. The summed E-state index contributed by atoms with van der Waals surface area (Å²) in [6.07, 6.45) is 3.62. The third-order valence-electron chi connectivity index (χ3n) is 2.56. The zero-order chi connectivity index (χ0) is 14.5. The van der Waals surface area contributed by atoms with Crippen LogP contribution in [-0.4, -0.2) is 33.6 Å². The Labute approximate surface area is 127 Å². The molecule has 0 aliphatic carbocycles. The molecule has 0 fully saturated rings. The number of halogens is 1. The van der Waals surface area contributed by atoms with Gasteiger partial charge in [-0.1, -0.05) is 43.4 Å². The van der Waals surface area contributed by atoms with Crippen LogP contribution in [0.15, 0.2) is 12.4 Å². The molecule has 0 amide bonds. The first-order valence-corrected chi connectivity index (χ1v) is 7.70. The van der Waals surface area contributed by atoms with Crippen molar-refractivity contribution in [3.63, 3.8) is 0 Å². The monoisotopic (exact) mass is 377 g/mol. The molecule has 0 saturated carbocycles. The highest BCUT2D eigenvalue weighted by atomic mass is 127. The van der Waals surface area contributed by atoms with E-state index in [0.717, 1.165) is 5.56 Å². The molecule has 0 aromatic carbocycles. The highest BCUT2D eigenvalue weighted by molar-refractivity contribution is 14.1. The number of carbonyl (C=O) groups excluding carboxylic acids is 1. The highest BCUT2D eigenvalue weighted by Crippen LogP contribution is 2.21. The number of ether oxygens (including phenoxy) is 1. The molecule has 5 nitrogen and oxygen atoms in total. The minimum absolute atomic E-state index is 0.0226. The first-order valence-electron chi connectivity index (χ1n) is 6.17. The fourth-order valence-corrected chi connectivity index (χ4v) is 1.95. The van der Waals surface area contributed by atoms with Gasteiger partial charge >= 0.3 is 5.97 Å².